The summed E-state index contributed by atoms with van der Waals surface area (Å²) < 4.78 is 0. The number of H-pyrrole nitrogens is 1. The Kier molecular flexibility index (Phi) is 3.00. The summed E-state index contributed by atoms with van der Waals surface area (Å²) in [5.74, 6) is 0.728. The highest BCUT2D eigenvalue weighted by atomic mass is 16.3. The lowest BCUT2D eigenvalue weighted by molar-refractivity contribution is 0.465. The predicted octanol–water partition coefficient (Wildman–Crippen LogP) is 4.22. The second-order valence-corrected chi connectivity index (χ2v) is 5.05. The monoisotopic (exact) mass is 251 g/mol. The van der Waals surface area contributed by atoms with Crippen molar-refractivity contribution < 1.29 is 5.11 Å². The summed E-state index contributed by atoms with van der Waals surface area (Å²) >= 11 is 0. The summed E-state index contributed by atoms with van der Waals surface area (Å²) in [6.45, 7) is 2.18. The quantitative estimate of drug-likeness (QED) is 0.718. The van der Waals surface area contributed by atoms with E-state index >= 15 is 0 Å². The van der Waals surface area contributed by atoms with Gasteiger partial charge < -0.3 is 10.1 Å². The van der Waals surface area contributed by atoms with Gasteiger partial charge >= 0.3 is 0 Å². The summed E-state index contributed by atoms with van der Waals surface area (Å²) in [6.07, 6.45) is 0.833. The molecule has 0 bridgehead atoms. The lowest BCUT2D eigenvalue weighted by Gasteiger charge is -2.10. The minimum Gasteiger partial charge on any atom is -0.508 e. The lowest BCUT2D eigenvalue weighted by Crippen LogP contribution is -1.98. The standard InChI is InChI=1S/C17H17NO/c1-12(10-14-7-3-5-9-17(14)19)16-11-13-6-2-4-8-15(13)18-16/h2-9,11-12,18-19H,10H2,1H3. The molecule has 2 nitrogen and oxygen atoms in total. The first-order chi connectivity index (χ1) is 9.24. The predicted molar refractivity (Wildman–Crippen MR) is 78.5 cm³/mol. The van der Waals surface area contributed by atoms with Gasteiger partial charge in [0.1, 0.15) is 5.75 Å². The van der Waals surface area contributed by atoms with Crippen molar-refractivity contribution in [3.8, 4) is 5.75 Å². The van der Waals surface area contributed by atoms with Crippen molar-refractivity contribution in [1.82, 2.24) is 4.98 Å². The molecule has 1 heterocycles. The van der Waals surface area contributed by atoms with Crippen molar-refractivity contribution >= 4 is 10.9 Å². The number of para-hydroxylation sites is 2. The van der Waals surface area contributed by atoms with Crippen LogP contribution in [-0.2, 0) is 6.42 Å². The normalized spacial score (nSPS) is 12.7. The van der Waals surface area contributed by atoms with Crippen molar-refractivity contribution in [1.29, 1.82) is 0 Å². The third-order valence-corrected chi connectivity index (χ3v) is 3.60. The Morgan fingerprint density at radius 3 is 2.58 bits per heavy atom. The highest BCUT2D eigenvalue weighted by Crippen LogP contribution is 2.27. The first kappa shape index (κ1) is 11.8. The zero-order valence-electron chi connectivity index (χ0n) is 10.9. The highest BCUT2D eigenvalue weighted by molar-refractivity contribution is 5.80. The van der Waals surface area contributed by atoms with Crippen LogP contribution < -0.4 is 0 Å². The maximum absolute atomic E-state index is 9.84. The van der Waals surface area contributed by atoms with Gasteiger partial charge in [-0.05, 0) is 35.6 Å². The summed E-state index contributed by atoms with van der Waals surface area (Å²) in [5, 5.41) is 11.1. The Hall–Kier alpha value is -2.22. The number of aromatic amines is 1. The maximum atomic E-state index is 9.84. The maximum Gasteiger partial charge on any atom is 0.118 e. The van der Waals surface area contributed by atoms with Gasteiger partial charge in [0.15, 0.2) is 0 Å². The molecule has 0 aliphatic rings. The lowest BCUT2D eigenvalue weighted by atomic mass is 9.97. The summed E-state index contributed by atoms with van der Waals surface area (Å²) in [4.78, 5) is 3.45. The zero-order valence-corrected chi connectivity index (χ0v) is 10.9. The van der Waals surface area contributed by atoms with E-state index in [2.05, 4.69) is 30.1 Å². The summed E-state index contributed by atoms with van der Waals surface area (Å²) in [7, 11) is 0. The number of phenols is 1. The number of aromatic hydroxyl groups is 1. The van der Waals surface area contributed by atoms with Gasteiger partial charge in [-0.1, -0.05) is 43.3 Å². The molecular weight excluding hydrogens is 234 g/mol. The van der Waals surface area contributed by atoms with Crippen molar-refractivity contribution in [2.75, 3.05) is 0 Å². The van der Waals surface area contributed by atoms with Crippen molar-refractivity contribution in [2.24, 2.45) is 0 Å². The van der Waals surface area contributed by atoms with Crippen LogP contribution in [0.1, 0.15) is 24.1 Å². The van der Waals surface area contributed by atoms with E-state index in [1.54, 1.807) is 6.07 Å². The smallest absolute Gasteiger partial charge is 0.118 e. The van der Waals surface area contributed by atoms with Crippen LogP contribution >= 0.6 is 0 Å². The van der Waals surface area contributed by atoms with Gasteiger partial charge in [0.05, 0.1) is 0 Å². The van der Waals surface area contributed by atoms with E-state index in [9.17, 15) is 5.11 Å². The number of hydrogen-bond acceptors (Lipinski definition) is 1. The van der Waals surface area contributed by atoms with Gasteiger partial charge in [0, 0.05) is 17.1 Å². The number of rotatable bonds is 3. The van der Waals surface area contributed by atoms with Crippen LogP contribution in [0, 0.1) is 0 Å². The van der Waals surface area contributed by atoms with E-state index in [-0.39, 0.29) is 0 Å². The van der Waals surface area contributed by atoms with Crippen LogP contribution in [0.4, 0.5) is 0 Å². The fourth-order valence-corrected chi connectivity index (χ4v) is 2.48. The van der Waals surface area contributed by atoms with Crippen LogP contribution in [0.15, 0.2) is 54.6 Å². The molecule has 2 N–H and O–H groups in total. The summed E-state index contributed by atoms with van der Waals surface area (Å²) in [5.41, 5.74) is 3.37. The Morgan fingerprint density at radius 2 is 1.79 bits per heavy atom. The number of nitrogens with one attached hydrogen (secondary N) is 1. The molecule has 96 valence electrons. The molecule has 0 aliphatic heterocycles. The Bertz CT molecular complexity index is 666. The van der Waals surface area contributed by atoms with Gasteiger partial charge in [-0.25, -0.2) is 0 Å². The third-order valence-electron chi connectivity index (χ3n) is 3.60. The molecule has 1 unspecified atom stereocenters. The molecule has 2 heteroatoms. The van der Waals surface area contributed by atoms with Crippen LogP contribution in [0.3, 0.4) is 0 Å². The Morgan fingerprint density at radius 1 is 1.05 bits per heavy atom. The van der Waals surface area contributed by atoms with Gasteiger partial charge in [-0.3, -0.25) is 0 Å². The van der Waals surface area contributed by atoms with Crippen LogP contribution in [0.5, 0.6) is 5.75 Å². The van der Waals surface area contributed by atoms with E-state index < -0.39 is 0 Å². The topological polar surface area (TPSA) is 36.0 Å². The number of aromatic nitrogens is 1. The number of hydrogen-bond donors (Lipinski definition) is 2. The molecule has 1 atom stereocenters. The molecule has 2 aromatic carbocycles. The fraction of sp³-hybridized carbons (Fsp3) is 0.176. The molecule has 0 saturated carbocycles. The number of fused-ring (bicyclic) bond motifs is 1. The molecule has 3 rings (SSSR count). The van der Waals surface area contributed by atoms with Crippen molar-refractivity contribution in [3.63, 3.8) is 0 Å². The van der Waals surface area contributed by atoms with E-state index in [0.29, 0.717) is 11.7 Å². The first-order valence-corrected chi connectivity index (χ1v) is 6.58. The van der Waals surface area contributed by atoms with E-state index in [1.165, 1.54) is 16.6 Å². The minimum atomic E-state index is 0.348. The van der Waals surface area contributed by atoms with Crippen molar-refractivity contribution in [2.45, 2.75) is 19.3 Å². The van der Waals surface area contributed by atoms with Gasteiger partial charge in [0.25, 0.3) is 0 Å². The Labute approximate surface area is 112 Å². The minimum absolute atomic E-state index is 0.348. The number of phenolic OH excluding ortho intramolecular Hbond substituents is 1. The molecule has 0 fully saturated rings. The molecule has 1 aromatic heterocycles. The van der Waals surface area contributed by atoms with E-state index in [1.807, 2.05) is 30.3 Å². The molecule has 0 spiro atoms. The molecule has 0 amide bonds. The SMILES string of the molecule is CC(Cc1ccccc1O)c1cc2ccccc2[nH]1. The highest BCUT2D eigenvalue weighted by Gasteiger charge is 2.11. The first-order valence-electron chi connectivity index (χ1n) is 6.58. The Balaban J connectivity index is 1.87. The van der Waals surface area contributed by atoms with Crippen LogP contribution in [0.25, 0.3) is 10.9 Å². The number of benzene rings is 2. The molecule has 19 heavy (non-hydrogen) atoms. The molecule has 3 aromatic rings. The van der Waals surface area contributed by atoms with Gasteiger partial charge in [-0.2, -0.15) is 0 Å². The van der Waals surface area contributed by atoms with Crippen LogP contribution in [0.2, 0.25) is 0 Å². The van der Waals surface area contributed by atoms with Crippen LogP contribution in [-0.4, -0.2) is 10.1 Å². The summed E-state index contributed by atoms with van der Waals surface area (Å²) in [6, 6.07) is 18.0. The fourth-order valence-electron chi connectivity index (χ4n) is 2.48. The second kappa shape index (κ2) is 4.81. The average molecular weight is 251 g/mol. The molecule has 0 radical (unpaired) electrons. The van der Waals surface area contributed by atoms with E-state index in [0.717, 1.165) is 12.0 Å². The second-order valence-electron chi connectivity index (χ2n) is 5.05. The largest absolute Gasteiger partial charge is 0.508 e. The molecule has 0 saturated heterocycles. The third kappa shape index (κ3) is 2.34. The van der Waals surface area contributed by atoms with Gasteiger partial charge in [0.2, 0.25) is 0 Å². The van der Waals surface area contributed by atoms with E-state index in [4.69, 9.17) is 0 Å². The van der Waals surface area contributed by atoms with Crippen molar-refractivity contribution in [3.05, 3.63) is 65.9 Å². The molecular formula is C17H17NO. The molecule has 0 aliphatic carbocycles. The average Bonchev–Trinajstić information content (AvgIpc) is 2.85. The van der Waals surface area contributed by atoms with Gasteiger partial charge in [-0.15, -0.1) is 0 Å². The zero-order chi connectivity index (χ0) is 13.2.